The van der Waals surface area contributed by atoms with E-state index in [9.17, 15) is 0 Å². The van der Waals surface area contributed by atoms with E-state index in [1.807, 2.05) is 0 Å². The number of ether oxygens (including phenoxy) is 1. The zero-order valence-electron chi connectivity index (χ0n) is 10.3. The van der Waals surface area contributed by atoms with Crippen LogP contribution in [0.25, 0.3) is 0 Å². The Labute approximate surface area is 88.8 Å². The molecular weight excluding hydrogens is 176 g/mol. The zero-order valence-corrected chi connectivity index (χ0v) is 10.3. The quantitative estimate of drug-likeness (QED) is 0.601. The van der Waals surface area contributed by atoms with Gasteiger partial charge in [0.25, 0.3) is 0 Å². The van der Waals surface area contributed by atoms with E-state index in [2.05, 4.69) is 38.0 Å². The standard InChI is InChI=1S/C11H26N2O/c1-10(2)13(4)8-6-7-12-11(3)9-14-5/h10-12H,6-9H2,1-5H3. The highest BCUT2D eigenvalue weighted by molar-refractivity contribution is 4.61. The minimum Gasteiger partial charge on any atom is -0.383 e. The van der Waals surface area contributed by atoms with Gasteiger partial charge in [0.1, 0.15) is 0 Å². The van der Waals surface area contributed by atoms with Gasteiger partial charge in [-0.1, -0.05) is 0 Å². The maximum absolute atomic E-state index is 5.05. The maximum Gasteiger partial charge on any atom is 0.0613 e. The Balaban J connectivity index is 3.28. The molecule has 0 aromatic rings. The van der Waals surface area contributed by atoms with Gasteiger partial charge < -0.3 is 15.0 Å². The van der Waals surface area contributed by atoms with Gasteiger partial charge in [0.05, 0.1) is 6.61 Å². The van der Waals surface area contributed by atoms with Crippen LogP contribution < -0.4 is 5.32 Å². The van der Waals surface area contributed by atoms with Gasteiger partial charge in [-0.2, -0.15) is 0 Å². The van der Waals surface area contributed by atoms with E-state index in [1.54, 1.807) is 7.11 Å². The number of rotatable bonds is 8. The Morgan fingerprint density at radius 1 is 1.29 bits per heavy atom. The van der Waals surface area contributed by atoms with Gasteiger partial charge in [0.15, 0.2) is 0 Å². The van der Waals surface area contributed by atoms with Crippen LogP contribution in [0.1, 0.15) is 27.2 Å². The Kier molecular flexibility index (Phi) is 8.14. The van der Waals surface area contributed by atoms with Crippen LogP contribution in [0.15, 0.2) is 0 Å². The molecule has 0 aliphatic heterocycles. The molecule has 0 aliphatic carbocycles. The van der Waals surface area contributed by atoms with E-state index in [0.717, 1.165) is 19.7 Å². The lowest BCUT2D eigenvalue weighted by atomic mass is 10.3. The van der Waals surface area contributed by atoms with Gasteiger partial charge in [-0.05, 0) is 47.3 Å². The third kappa shape index (κ3) is 7.30. The van der Waals surface area contributed by atoms with Crippen molar-refractivity contribution in [3.8, 4) is 0 Å². The first-order chi connectivity index (χ1) is 6.57. The monoisotopic (exact) mass is 202 g/mol. The molecule has 0 heterocycles. The molecule has 1 N–H and O–H groups in total. The second-order valence-corrected chi connectivity index (χ2v) is 4.24. The highest BCUT2D eigenvalue weighted by Crippen LogP contribution is 1.94. The van der Waals surface area contributed by atoms with Crippen LogP contribution >= 0.6 is 0 Å². The molecule has 0 rings (SSSR count). The van der Waals surface area contributed by atoms with Crippen LogP contribution in [0.5, 0.6) is 0 Å². The van der Waals surface area contributed by atoms with Crippen molar-refractivity contribution >= 4 is 0 Å². The summed E-state index contributed by atoms with van der Waals surface area (Å²) in [5.41, 5.74) is 0. The average molecular weight is 202 g/mol. The summed E-state index contributed by atoms with van der Waals surface area (Å²) in [6.45, 7) is 9.61. The van der Waals surface area contributed by atoms with E-state index in [0.29, 0.717) is 12.1 Å². The van der Waals surface area contributed by atoms with Crippen molar-refractivity contribution < 1.29 is 4.74 Å². The van der Waals surface area contributed by atoms with Crippen LogP contribution in [0, 0.1) is 0 Å². The molecule has 1 unspecified atom stereocenters. The van der Waals surface area contributed by atoms with Gasteiger partial charge in [-0.15, -0.1) is 0 Å². The topological polar surface area (TPSA) is 24.5 Å². The predicted octanol–water partition coefficient (Wildman–Crippen LogP) is 1.34. The molecule has 0 aromatic heterocycles. The van der Waals surface area contributed by atoms with E-state index >= 15 is 0 Å². The molecule has 0 fully saturated rings. The number of hydrogen-bond donors (Lipinski definition) is 1. The molecule has 14 heavy (non-hydrogen) atoms. The third-order valence-corrected chi connectivity index (χ3v) is 2.48. The SMILES string of the molecule is COCC(C)NCCCN(C)C(C)C. The number of nitrogens with zero attached hydrogens (tertiary/aromatic N) is 1. The van der Waals surface area contributed by atoms with Crippen molar-refractivity contribution in [2.24, 2.45) is 0 Å². The zero-order chi connectivity index (χ0) is 11.0. The largest absolute Gasteiger partial charge is 0.383 e. The summed E-state index contributed by atoms with van der Waals surface area (Å²) < 4.78 is 5.05. The first-order valence-corrected chi connectivity index (χ1v) is 5.50. The second kappa shape index (κ2) is 8.21. The van der Waals surface area contributed by atoms with E-state index in [-0.39, 0.29) is 0 Å². The fourth-order valence-corrected chi connectivity index (χ4v) is 1.24. The van der Waals surface area contributed by atoms with E-state index < -0.39 is 0 Å². The van der Waals surface area contributed by atoms with Crippen LogP contribution in [0.3, 0.4) is 0 Å². The molecule has 3 heteroatoms. The minimum absolute atomic E-state index is 0.462. The summed E-state index contributed by atoms with van der Waals surface area (Å²) in [6, 6.07) is 1.11. The number of hydrogen-bond acceptors (Lipinski definition) is 3. The molecule has 1 atom stereocenters. The fourth-order valence-electron chi connectivity index (χ4n) is 1.24. The summed E-state index contributed by atoms with van der Waals surface area (Å²) in [7, 11) is 3.91. The van der Waals surface area contributed by atoms with Crippen molar-refractivity contribution in [3.05, 3.63) is 0 Å². The highest BCUT2D eigenvalue weighted by Gasteiger charge is 2.03. The van der Waals surface area contributed by atoms with Crippen molar-refractivity contribution in [2.45, 2.75) is 39.3 Å². The summed E-state index contributed by atoms with van der Waals surface area (Å²) in [4.78, 5) is 2.36. The van der Waals surface area contributed by atoms with Crippen LogP contribution in [-0.2, 0) is 4.74 Å². The Morgan fingerprint density at radius 3 is 2.43 bits per heavy atom. The van der Waals surface area contributed by atoms with Gasteiger partial charge in [0, 0.05) is 19.2 Å². The lowest BCUT2D eigenvalue weighted by Crippen LogP contribution is -2.34. The van der Waals surface area contributed by atoms with E-state index in [4.69, 9.17) is 4.74 Å². The molecule has 0 spiro atoms. The molecule has 0 saturated heterocycles. The molecule has 0 saturated carbocycles. The maximum atomic E-state index is 5.05. The van der Waals surface area contributed by atoms with Crippen LogP contribution in [0.2, 0.25) is 0 Å². The summed E-state index contributed by atoms with van der Waals surface area (Å²) in [5, 5.41) is 3.43. The van der Waals surface area contributed by atoms with Gasteiger partial charge >= 0.3 is 0 Å². The normalized spacial score (nSPS) is 13.9. The summed E-state index contributed by atoms with van der Waals surface area (Å²) >= 11 is 0. The lowest BCUT2D eigenvalue weighted by molar-refractivity contribution is 0.171. The van der Waals surface area contributed by atoms with Gasteiger partial charge in [-0.25, -0.2) is 0 Å². The second-order valence-electron chi connectivity index (χ2n) is 4.24. The molecule has 0 aromatic carbocycles. The van der Waals surface area contributed by atoms with Crippen molar-refractivity contribution in [1.29, 1.82) is 0 Å². The smallest absolute Gasteiger partial charge is 0.0613 e. The summed E-state index contributed by atoms with van der Waals surface area (Å²) in [6.07, 6.45) is 1.20. The molecule has 3 nitrogen and oxygen atoms in total. The summed E-state index contributed by atoms with van der Waals surface area (Å²) in [5.74, 6) is 0. The molecular formula is C11H26N2O. The molecule has 0 aliphatic rings. The lowest BCUT2D eigenvalue weighted by Gasteiger charge is -2.21. The Hall–Kier alpha value is -0.120. The average Bonchev–Trinajstić information content (AvgIpc) is 2.12. The van der Waals surface area contributed by atoms with Crippen molar-refractivity contribution in [2.75, 3.05) is 33.9 Å². The van der Waals surface area contributed by atoms with E-state index in [1.165, 1.54) is 6.42 Å². The molecule has 86 valence electrons. The Morgan fingerprint density at radius 2 is 1.93 bits per heavy atom. The van der Waals surface area contributed by atoms with Crippen LogP contribution in [-0.4, -0.2) is 50.8 Å². The van der Waals surface area contributed by atoms with Crippen LogP contribution in [0.4, 0.5) is 0 Å². The van der Waals surface area contributed by atoms with Gasteiger partial charge in [-0.3, -0.25) is 0 Å². The highest BCUT2D eigenvalue weighted by atomic mass is 16.5. The first-order valence-electron chi connectivity index (χ1n) is 5.50. The van der Waals surface area contributed by atoms with Gasteiger partial charge in [0.2, 0.25) is 0 Å². The molecule has 0 radical (unpaired) electrons. The fraction of sp³-hybridized carbons (Fsp3) is 1.00. The minimum atomic E-state index is 0.462. The first kappa shape index (κ1) is 13.9. The molecule has 0 bridgehead atoms. The molecule has 0 amide bonds. The third-order valence-electron chi connectivity index (χ3n) is 2.48. The predicted molar refractivity (Wildman–Crippen MR) is 61.7 cm³/mol. The number of methoxy groups -OCH3 is 1. The van der Waals surface area contributed by atoms with Crippen molar-refractivity contribution in [3.63, 3.8) is 0 Å². The Bertz CT molecular complexity index is 128. The number of nitrogens with one attached hydrogen (secondary N) is 1. The van der Waals surface area contributed by atoms with Crippen molar-refractivity contribution in [1.82, 2.24) is 10.2 Å².